The van der Waals surface area contributed by atoms with Crippen molar-refractivity contribution in [2.24, 2.45) is 0 Å². The maximum Gasteiger partial charge on any atom is 0.350 e. The number of thiophene rings is 1. The van der Waals surface area contributed by atoms with Gasteiger partial charge in [0.25, 0.3) is 5.56 Å². The summed E-state index contributed by atoms with van der Waals surface area (Å²) >= 11 is 7.24. The van der Waals surface area contributed by atoms with E-state index < -0.39 is 5.97 Å². The zero-order valence-corrected chi connectivity index (χ0v) is 17.7. The Bertz CT molecular complexity index is 1500. The van der Waals surface area contributed by atoms with Crippen molar-refractivity contribution in [3.05, 3.63) is 80.5 Å². The number of carbonyl (C=O) groups excluding carboxylic acids is 1. The molecule has 31 heavy (non-hydrogen) atoms. The van der Waals surface area contributed by atoms with Gasteiger partial charge in [0.2, 0.25) is 0 Å². The van der Waals surface area contributed by atoms with Gasteiger partial charge in [-0.3, -0.25) is 4.79 Å². The third-order valence-electron chi connectivity index (χ3n) is 4.76. The van der Waals surface area contributed by atoms with Crippen LogP contribution in [-0.4, -0.2) is 30.7 Å². The summed E-state index contributed by atoms with van der Waals surface area (Å²) in [6.07, 6.45) is 0. The van der Waals surface area contributed by atoms with E-state index in [2.05, 4.69) is 15.4 Å². The fourth-order valence-electron chi connectivity index (χ4n) is 3.20. The summed E-state index contributed by atoms with van der Waals surface area (Å²) in [5.74, 6) is -0.551. The molecule has 0 saturated heterocycles. The zero-order valence-electron chi connectivity index (χ0n) is 16.2. The molecule has 0 amide bonds. The van der Waals surface area contributed by atoms with Crippen LogP contribution in [0.2, 0.25) is 5.02 Å². The number of hydrogen-bond acceptors (Lipinski definition) is 7. The number of aryl methyl sites for hydroxylation is 1. The van der Waals surface area contributed by atoms with E-state index in [1.807, 2.05) is 19.1 Å². The van der Waals surface area contributed by atoms with Gasteiger partial charge >= 0.3 is 5.97 Å². The van der Waals surface area contributed by atoms with Crippen molar-refractivity contribution in [1.29, 1.82) is 0 Å². The van der Waals surface area contributed by atoms with Crippen LogP contribution in [0.25, 0.3) is 26.8 Å². The van der Waals surface area contributed by atoms with Gasteiger partial charge in [-0.15, -0.1) is 16.4 Å². The van der Waals surface area contributed by atoms with Gasteiger partial charge < -0.3 is 4.74 Å². The zero-order chi connectivity index (χ0) is 21.5. The number of hydrogen-bond donors (Lipinski definition) is 0. The van der Waals surface area contributed by atoms with Crippen LogP contribution in [0, 0.1) is 6.92 Å². The Morgan fingerprint density at radius 3 is 2.71 bits per heavy atom. The quantitative estimate of drug-likeness (QED) is 0.384. The van der Waals surface area contributed by atoms with Crippen LogP contribution in [0.15, 0.2) is 59.4 Å². The van der Waals surface area contributed by atoms with E-state index in [1.165, 1.54) is 11.3 Å². The minimum Gasteiger partial charge on any atom is -0.438 e. The molecule has 10 heteroatoms. The second kappa shape index (κ2) is 7.60. The van der Waals surface area contributed by atoms with E-state index in [4.69, 9.17) is 16.3 Å². The van der Waals surface area contributed by atoms with Crippen molar-refractivity contribution in [3.8, 4) is 5.69 Å². The van der Waals surface area contributed by atoms with Crippen molar-refractivity contribution in [1.82, 2.24) is 24.8 Å². The normalized spacial score (nSPS) is 11.3. The van der Waals surface area contributed by atoms with Crippen LogP contribution in [0.5, 0.6) is 0 Å². The van der Waals surface area contributed by atoms with E-state index >= 15 is 0 Å². The number of rotatable bonds is 4. The van der Waals surface area contributed by atoms with E-state index in [0.717, 1.165) is 26.3 Å². The Hall–Kier alpha value is -3.56. The molecule has 8 nitrogen and oxygen atoms in total. The Labute approximate surface area is 184 Å². The Kier molecular flexibility index (Phi) is 4.76. The third-order valence-corrected chi connectivity index (χ3v) is 6.11. The van der Waals surface area contributed by atoms with Crippen molar-refractivity contribution in [3.63, 3.8) is 0 Å². The summed E-state index contributed by atoms with van der Waals surface area (Å²) < 4.78 is 8.12. The highest BCUT2D eigenvalue weighted by Crippen LogP contribution is 2.31. The van der Waals surface area contributed by atoms with Crippen LogP contribution in [-0.2, 0) is 11.5 Å². The first-order chi connectivity index (χ1) is 15.0. The highest BCUT2D eigenvalue weighted by molar-refractivity contribution is 7.20. The second-order valence-electron chi connectivity index (χ2n) is 6.78. The lowest BCUT2D eigenvalue weighted by Crippen LogP contribution is -2.26. The van der Waals surface area contributed by atoms with Crippen LogP contribution < -0.4 is 5.56 Å². The Morgan fingerprint density at radius 1 is 1.13 bits per heavy atom. The first-order valence-corrected chi connectivity index (χ1v) is 10.5. The molecule has 0 bridgehead atoms. The molecule has 2 aromatic carbocycles. The summed E-state index contributed by atoms with van der Waals surface area (Å²) in [7, 11) is 0. The van der Waals surface area contributed by atoms with Gasteiger partial charge in [0, 0.05) is 10.4 Å². The molecule has 0 aliphatic heterocycles. The lowest BCUT2D eigenvalue weighted by atomic mass is 10.2. The molecule has 5 aromatic rings. The van der Waals surface area contributed by atoms with E-state index in [0.29, 0.717) is 20.8 Å². The third kappa shape index (κ3) is 3.47. The summed E-state index contributed by atoms with van der Waals surface area (Å²) in [6, 6.07) is 15.9. The van der Waals surface area contributed by atoms with E-state index in [1.54, 1.807) is 47.1 Å². The maximum absolute atomic E-state index is 12.6. The molecular weight excluding hydrogens is 438 g/mol. The van der Waals surface area contributed by atoms with Crippen molar-refractivity contribution < 1.29 is 9.53 Å². The molecule has 154 valence electrons. The van der Waals surface area contributed by atoms with Gasteiger partial charge in [-0.25, -0.2) is 9.48 Å². The molecule has 0 spiro atoms. The summed E-state index contributed by atoms with van der Waals surface area (Å²) in [5, 5.41) is 14.3. The number of nitrogens with zero attached hydrogens (tertiary/aromatic N) is 5. The van der Waals surface area contributed by atoms with Gasteiger partial charge in [-0.2, -0.15) is 9.78 Å². The summed E-state index contributed by atoms with van der Waals surface area (Å²) in [5.41, 5.74) is 1.74. The maximum atomic E-state index is 12.6. The average Bonchev–Trinajstić information content (AvgIpc) is 3.35. The van der Waals surface area contributed by atoms with E-state index in [9.17, 15) is 9.59 Å². The SMILES string of the molecule is Cc1nn(-c2ccc(Cl)cc2)c2sc(C(=O)OCn3nnc4ccccc4c3=O)cc12. The molecule has 0 unspecified atom stereocenters. The number of fused-ring (bicyclic) bond motifs is 2. The highest BCUT2D eigenvalue weighted by atomic mass is 35.5. The lowest BCUT2D eigenvalue weighted by Gasteiger charge is -2.05. The van der Waals surface area contributed by atoms with Crippen molar-refractivity contribution >= 4 is 50.0 Å². The number of ether oxygens (including phenoxy) is 1. The first-order valence-electron chi connectivity index (χ1n) is 9.26. The van der Waals surface area contributed by atoms with Crippen LogP contribution in [0.1, 0.15) is 15.4 Å². The van der Waals surface area contributed by atoms with Gasteiger partial charge in [-0.05, 0) is 49.4 Å². The molecule has 0 N–H and O–H groups in total. The van der Waals surface area contributed by atoms with E-state index in [-0.39, 0.29) is 12.3 Å². The molecule has 0 atom stereocenters. The summed E-state index contributed by atoms with van der Waals surface area (Å²) in [6.45, 7) is 1.55. The molecule has 0 saturated carbocycles. The lowest BCUT2D eigenvalue weighted by molar-refractivity contribution is 0.0342. The molecule has 0 fully saturated rings. The van der Waals surface area contributed by atoms with Crippen LogP contribution in [0.3, 0.4) is 0 Å². The predicted molar refractivity (Wildman–Crippen MR) is 118 cm³/mol. The number of halogens is 1. The fraction of sp³-hybridized carbons (Fsp3) is 0.0952. The first kappa shape index (κ1) is 19.4. The highest BCUT2D eigenvalue weighted by Gasteiger charge is 2.18. The largest absolute Gasteiger partial charge is 0.438 e. The Balaban J connectivity index is 1.42. The number of aromatic nitrogens is 5. The van der Waals surface area contributed by atoms with Gasteiger partial charge in [0.05, 0.1) is 16.8 Å². The smallest absolute Gasteiger partial charge is 0.350 e. The minimum absolute atomic E-state index is 0.327. The van der Waals surface area contributed by atoms with Gasteiger partial charge in [0.15, 0.2) is 6.73 Å². The second-order valence-corrected chi connectivity index (χ2v) is 8.24. The number of carbonyl (C=O) groups is 1. The van der Waals surface area contributed by atoms with Crippen LogP contribution in [0.4, 0.5) is 0 Å². The molecule has 3 heterocycles. The Morgan fingerprint density at radius 2 is 1.90 bits per heavy atom. The topological polar surface area (TPSA) is 91.9 Å². The molecule has 0 aliphatic rings. The fourth-order valence-corrected chi connectivity index (χ4v) is 4.41. The molecule has 3 aromatic heterocycles. The monoisotopic (exact) mass is 451 g/mol. The van der Waals surface area contributed by atoms with Gasteiger partial charge in [0.1, 0.15) is 15.2 Å². The summed E-state index contributed by atoms with van der Waals surface area (Å²) in [4.78, 5) is 26.4. The minimum atomic E-state index is -0.551. The number of esters is 1. The molecular formula is C21H14ClN5O3S. The molecule has 0 aliphatic carbocycles. The van der Waals surface area contributed by atoms with Crippen LogP contribution >= 0.6 is 22.9 Å². The number of benzene rings is 2. The molecule has 5 rings (SSSR count). The van der Waals surface area contributed by atoms with Crippen molar-refractivity contribution in [2.75, 3.05) is 0 Å². The predicted octanol–water partition coefficient (Wildman–Crippen LogP) is 3.97. The standard InChI is InChI=1S/C21H14ClN5O3S/c1-12-16-10-18(31-20(16)27(24-12)14-8-6-13(22)7-9-14)21(29)30-11-26-19(28)15-4-2-3-5-17(15)23-25-26/h2-10H,11H2,1H3. The van der Waals surface area contributed by atoms with Gasteiger partial charge in [-0.1, -0.05) is 28.9 Å². The average molecular weight is 452 g/mol. The molecule has 0 radical (unpaired) electrons. The van der Waals surface area contributed by atoms with Crippen molar-refractivity contribution in [2.45, 2.75) is 13.7 Å².